The molecule has 39 heavy (non-hydrogen) atoms. The largest absolute Gasteiger partial charge is 0.340 e. The summed E-state index contributed by atoms with van der Waals surface area (Å²) in [5.74, 6) is 1.08. The Morgan fingerprint density at radius 1 is 0.974 bits per heavy atom. The maximum absolute atomic E-state index is 13.0. The number of sulfonamides is 1. The van der Waals surface area contributed by atoms with Crippen LogP contribution in [0.5, 0.6) is 0 Å². The van der Waals surface area contributed by atoms with Gasteiger partial charge in [-0.1, -0.05) is 18.2 Å². The van der Waals surface area contributed by atoms with Crippen LogP contribution >= 0.6 is 0 Å². The van der Waals surface area contributed by atoms with Gasteiger partial charge in [0.05, 0.1) is 4.90 Å². The van der Waals surface area contributed by atoms with Crippen LogP contribution in [0, 0.1) is 6.92 Å². The van der Waals surface area contributed by atoms with Crippen LogP contribution in [0.3, 0.4) is 0 Å². The molecule has 0 unspecified atom stereocenters. The van der Waals surface area contributed by atoms with Crippen molar-refractivity contribution in [3.05, 3.63) is 65.9 Å². The minimum absolute atomic E-state index is 0.0503. The van der Waals surface area contributed by atoms with E-state index in [0.717, 1.165) is 69.9 Å². The van der Waals surface area contributed by atoms with Crippen LogP contribution in [0.1, 0.15) is 24.0 Å². The minimum atomic E-state index is -3.62. The Hall–Kier alpha value is -3.09. The molecule has 2 aliphatic heterocycles. The first-order valence-corrected chi connectivity index (χ1v) is 15.0. The first kappa shape index (κ1) is 27.5. The molecule has 0 saturated carbocycles. The van der Waals surface area contributed by atoms with Crippen LogP contribution in [0.2, 0.25) is 0 Å². The summed E-state index contributed by atoms with van der Waals surface area (Å²) in [5, 5.41) is 9.86. The third kappa shape index (κ3) is 7.52. The van der Waals surface area contributed by atoms with Crippen molar-refractivity contribution >= 4 is 33.2 Å². The Balaban J connectivity index is 1.26. The fourth-order valence-electron chi connectivity index (χ4n) is 4.87. The molecule has 3 heterocycles. The number of hydrogen-bond donors (Lipinski definition) is 4. The molecule has 0 spiro atoms. The number of aryl methyl sites for hydroxylation is 1. The fourth-order valence-corrected chi connectivity index (χ4v) is 6.22. The van der Waals surface area contributed by atoms with E-state index in [2.05, 4.69) is 59.6 Å². The first-order valence-electron chi connectivity index (χ1n) is 13.5. The maximum Gasteiger partial charge on any atom is 0.240 e. The molecule has 1 aromatic heterocycles. The molecule has 0 bridgehead atoms. The van der Waals surface area contributed by atoms with Gasteiger partial charge in [-0.3, -0.25) is 4.90 Å². The van der Waals surface area contributed by atoms with E-state index in [1.165, 1.54) is 5.56 Å². The van der Waals surface area contributed by atoms with Crippen molar-refractivity contribution < 1.29 is 8.42 Å². The second-order valence-electron chi connectivity index (χ2n) is 10.4. The lowest BCUT2D eigenvalue weighted by Crippen LogP contribution is -2.43. The van der Waals surface area contributed by atoms with E-state index in [9.17, 15) is 8.42 Å². The molecule has 3 aromatic rings. The zero-order chi connectivity index (χ0) is 27.2. The van der Waals surface area contributed by atoms with Crippen LogP contribution in [0.4, 0.5) is 23.1 Å². The van der Waals surface area contributed by atoms with E-state index in [4.69, 9.17) is 0 Å². The number of hydrogen-bond acceptors (Lipinski definition) is 9. The number of likely N-dealkylation sites (N-methyl/N-ethyl adjacent to an activating group) is 1. The molecular weight excluding hydrogens is 512 g/mol. The third-order valence-electron chi connectivity index (χ3n) is 7.22. The molecular formula is C28H38N8O2S. The van der Waals surface area contributed by atoms with Gasteiger partial charge >= 0.3 is 0 Å². The Kier molecular flexibility index (Phi) is 8.73. The molecule has 0 radical (unpaired) electrons. The standard InChI is InChI=1S/C28H38N8O2S/c1-21-19-30-28(32-24-6-3-5-22(17-24)20-36-15-13-35(2)14-16-36)33-27(21)31-25-7-4-8-26(18-25)39(37,38)34-23-9-11-29-12-10-23/h3-8,17-19,23,29,34H,9-16,20H2,1-2H3,(H2,30,31,32,33). The molecule has 4 N–H and O–H groups in total. The zero-order valence-electron chi connectivity index (χ0n) is 22.7. The fraction of sp³-hybridized carbons (Fsp3) is 0.429. The van der Waals surface area contributed by atoms with E-state index in [-0.39, 0.29) is 10.9 Å². The van der Waals surface area contributed by atoms with Gasteiger partial charge in [0, 0.05) is 61.9 Å². The van der Waals surface area contributed by atoms with E-state index >= 15 is 0 Å². The number of rotatable bonds is 9. The Bertz CT molecular complexity index is 1370. The predicted molar refractivity (Wildman–Crippen MR) is 155 cm³/mol. The Labute approximate surface area is 231 Å². The monoisotopic (exact) mass is 550 g/mol. The topological polar surface area (TPSA) is 115 Å². The highest BCUT2D eigenvalue weighted by Gasteiger charge is 2.22. The molecule has 2 fully saturated rings. The van der Waals surface area contributed by atoms with Crippen molar-refractivity contribution in [2.75, 3.05) is 56.9 Å². The summed E-state index contributed by atoms with van der Waals surface area (Å²) in [5.41, 5.74) is 3.66. The summed E-state index contributed by atoms with van der Waals surface area (Å²) in [6, 6.07) is 15.1. The minimum Gasteiger partial charge on any atom is -0.340 e. The third-order valence-corrected chi connectivity index (χ3v) is 8.74. The van der Waals surface area contributed by atoms with Crippen molar-refractivity contribution in [3.63, 3.8) is 0 Å². The lowest BCUT2D eigenvalue weighted by molar-refractivity contribution is 0.148. The van der Waals surface area contributed by atoms with Gasteiger partial charge < -0.3 is 20.9 Å². The lowest BCUT2D eigenvalue weighted by atomic mass is 10.1. The molecule has 5 rings (SSSR count). The Morgan fingerprint density at radius 3 is 2.46 bits per heavy atom. The number of piperidine rings is 1. The van der Waals surface area contributed by atoms with E-state index in [0.29, 0.717) is 17.5 Å². The Morgan fingerprint density at radius 2 is 1.69 bits per heavy atom. The molecule has 10 nitrogen and oxygen atoms in total. The van der Waals surface area contributed by atoms with Crippen LogP contribution in [0.25, 0.3) is 0 Å². The molecule has 2 aliphatic rings. The normalized spacial score (nSPS) is 17.7. The number of piperazine rings is 1. The predicted octanol–water partition coefficient (Wildman–Crippen LogP) is 3.05. The summed E-state index contributed by atoms with van der Waals surface area (Å²) in [4.78, 5) is 14.2. The van der Waals surface area contributed by atoms with Crippen molar-refractivity contribution in [2.45, 2.75) is 37.2 Å². The molecule has 0 aliphatic carbocycles. The summed E-state index contributed by atoms with van der Waals surface area (Å²) >= 11 is 0. The number of benzene rings is 2. The number of nitrogens with one attached hydrogen (secondary N) is 4. The van der Waals surface area contributed by atoms with Crippen LogP contribution in [-0.2, 0) is 16.6 Å². The van der Waals surface area contributed by atoms with Crippen molar-refractivity contribution in [3.8, 4) is 0 Å². The molecule has 11 heteroatoms. The van der Waals surface area contributed by atoms with Gasteiger partial charge in [-0.25, -0.2) is 18.1 Å². The highest BCUT2D eigenvalue weighted by molar-refractivity contribution is 7.89. The first-order chi connectivity index (χ1) is 18.8. The quantitative estimate of drug-likeness (QED) is 0.319. The smallest absolute Gasteiger partial charge is 0.240 e. The molecule has 0 amide bonds. The molecule has 208 valence electrons. The van der Waals surface area contributed by atoms with E-state index in [1.54, 1.807) is 24.4 Å². The summed E-state index contributed by atoms with van der Waals surface area (Å²) < 4.78 is 28.8. The van der Waals surface area contributed by atoms with Gasteiger partial charge in [0.15, 0.2) is 0 Å². The van der Waals surface area contributed by atoms with Gasteiger partial charge in [-0.2, -0.15) is 4.98 Å². The van der Waals surface area contributed by atoms with Crippen molar-refractivity contribution in [1.82, 2.24) is 29.8 Å². The maximum atomic E-state index is 13.0. The number of nitrogens with zero attached hydrogens (tertiary/aromatic N) is 4. The van der Waals surface area contributed by atoms with E-state index in [1.807, 2.05) is 25.1 Å². The van der Waals surface area contributed by atoms with Crippen molar-refractivity contribution in [2.24, 2.45) is 0 Å². The highest BCUT2D eigenvalue weighted by atomic mass is 32.2. The van der Waals surface area contributed by atoms with Crippen LogP contribution in [0.15, 0.2) is 59.6 Å². The summed E-state index contributed by atoms with van der Waals surface area (Å²) in [7, 11) is -1.45. The van der Waals surface area contributed by atoms with E-state index < -0.39 is 10.0 Å². The summed E-state index contributed by atoms with van der Waals surface area (Å²) in [6.45, 7) is 8.79. The van der Waals surface area contributed by atoms with Gasteiger partial charge in [-0.05, 0) is 75.8 Å². The molecule has 0 atom stereocenters. The second kappa shape index (κ2) is 12.4. The highest BCUT2D eigenvalue weighted by Crippen LogP contribution is 2.24. The number of aromatic nitrogens is 2. The number of anilines is 4. The average Bonchev–Trinajstić information content (AvgIpc) is 2.93. The summed E-state index contributed by atoms with van der Waals surface area (Å²) in [6.07, 6.45) is 3.32. The van der Waals surface area contributed by atoms with Gasteiger partial charge in [0.2, 0.25) is 16.0 Å². The van der Waals surface area contributed by atoms with Gasteiger partial charge in [0.1, 0.15) is 5.82 Å². The van der Waals surface area contributed by atoms with Crippen LogP contribution < -0.4 is 20.7 Å². The van der Waals surface area contributed by atoms with Gasteiger partial charge in [0.25, 0.3) is 0 Å². The second-order valence-corrected chi connectivity index (χ2v) is 12.1. The van der Waals surface area contributed by atoms with Gasteiger partial charge in [-0.15, -0.1) is 0 Å². The van der Waals surface area contributed by atoms with Crippen molar-refractivity contribution in [1.29, 1.82) is 0 Å². The molecule has 2 saturated heterocycles. The SMILES string of the molecule is Cc1cnc(Nc2cccc(CN3CCN(C)CC3)c2)nc1Nc1cccc(S(=O)(=O)NC2CCNCC2)c1. The lowest BCUT2D eigenvalue weighted by Gasteiger charge is -2.32. The van der Waals surface area contributed by atoms with Crippen LogP contribution in [-0.4, -0.2) is 80.5 Å². The zero-order valence-corrected chi connectivity index (χ0v) is 23.5. The average molecular weight is 551 g/mol. The molecule has 2 aromatic carbocycles.